The number of para-hydroxylation sites is 1. The van der Waals surface area contributed by atoms with E-state index >= 15 is 0 Å². The summed E-state index contributed by atoms with van der Waals surface area (Å²) in [5.74, 6) is 0.552. The minimum absolute atomic E-state index is 0.0389. The Labute approximate surface area is 178 Å². The molecule has 0 saturated carbocycles. The first-order chi connectivity index (χ1) is 14.2. The molecule has 6 heteroatoms. The summed E-state index contributed by atoms with van der Waals surface area (Å²) in [6.07, 6.45) is 2.05. The largest absolute Gasteiger partial charge is 0.484 e. The molecule has 0 fully saturated rings. The van der Waals surface area contributed by atoms with E-state index in [0.717, 1.165) is 15.8 Å². The second kappa shape index (κ2) is 9.11. The molecule has 146 valence electrons. The SMILES string of the molecule is CSc1ccc2nc(N(Cc3ccccc3)C(=O)COc3ccccc3)sc2c1. The van der Waals surface area contributed by atoms with Crippen molar-refractivity contribution in [3.63, 3.8) is 0 Å². The summed E-state index contributed by atoms with van der Waals surface area (Å²) in [4.78, 5) is 20.7. The Morgan fingerprint density at radius 1 is 1.03 bits per heavy atom. The molecule has 4 nitrogen and oxygen atoms in total. The first-order valence-electron chi connectivity index (χ1n) is 9.19. The standard InChI is InChI=1S/C23H20N2O2S2/c1-28-19-12-13-20-21(14-19)29-23(24-20)25(15-17-8-4-2-5-9-17)22(26)16-27-18-10-6-3-7-11-18/h2-14H,15-16H2,1H3. The molecule has 3 aromatic carbocycles. The summed E-state index contributed by atoms with van der Waals surface area (Å²) >= 11 is 3.22. The van der Waals surface area contributed by atoms with Crippen molar-refractivity contribution in [2.45, 2.75) is 11.4 Å². The van der Waals surface area contributed by atoms with Gasteiger partial charge in [-0.15, -0.1) is 11.8 Å². The molecule has 0 aliphatic rings. The highest BCUT2D eigenvalue weighted by molar-refractivity contribution is 7.98. The Bertz CT molecular complexity index is 1100. The first kappa shape index (κ1) is 19.5. The van der Waals surface area contributed by atoms with Crippen LogP contribution in [0.3, 0.4) is 0 Å². The number of carbonyl (C=O) groups excluding carboxylic acids is 1. The molecule has 4 aromatic rings. The minimum atomic E-state index is -0.123. The van der Waals surface area contributed by atoms with Crippen LogP contribution in [0.15, 0.2) is 83.8 Å². The average molecular weight is 421 g/mol. The lowest BCUT2D eigenvalue weighted by molar-refractivity contribution is -0.120. The zero-order chi connectivity index (χ0) is 20.1. The molecule has 1 heterocycles. The van der Waals surface area contributed by atoms with Gasteiger partial charge in [-0.25, -0.2) is 4.98 Å². The molecule has 1 amide bonds. The summed E-state index contributed by atoms with van der Waals surface area (Å²) in [5.41, 5.74) is 1.95. The van der Waals surface area contributed by atoms with Crippen molar-refractivity contribution in [3.05, 3.63) is 84.4 Å². The van der Waals surface area contributed by atoms with Crippen LogP contribution in [0.4, 0.5) is 5.13 Å². The molecule has 0 radical (unpaired) electrons. The van der Waals surface area contributed by atoms with Crippen LogP contribution in [0, 0.1) is 0 Å². The number of nitrogens with zero attached hydrogens (tertiary/aromatic N) is 2. The molecule has 0 unspecified atom stereocenters. The number of anilines is 1. The van der Waals surface area contributed by atoms with Gasteiger partial charge < -0.3 is 4.74 Å². The predicted molar refractivity (Wildman–Crippen MR) is 121 cm³/mol. The minimum Gasteiger partial charge on any atom is -0.484 e. The fourth-order valence-electron chi connectivity index (χ4n) is 2.90. The molecule has 0 aliphatic heterocycles. The zero-order valence-corrected chi connectivity index (χ0v) is 17.6. The summed E-state index contributed by atoms with van der Waals surface area (Å²) < 4.78 is 6.77. The molecule has 4 rings (SSSR count). The Balaban J connectivity index is 1.61. The van der Waals surface area contributed by atoms with Crippen LogP contribution in [0.1, 0.15) is 5.56 Å². The normalized spacial score (nSPS) is 10.8. The molecule has 0 spiro atoms. The van der Waals surface area contributed by atoms with E-state index in [1.807, 2.05) is 66.7 Å². The summed E-state index contributed by atoms with van der Waals surface area (Å²) in [6.45, 7) is 0.413. The van der Waals surface area contributed by atoms with E-state index in [1.165, 1.54) is 16.2 Å². The number of hydrogen-bond acceptors (Lipinski definition) is 5. The van der Waals surface area contributed by atoms with Gasteiger partial charge in [0.2, 0.25) is 0 Å². The fraction of sp³-hybridized carbons (Fsp3) is 0.130. The van der Waals surface area contributed by atoms with E-state index < -0.39 is 0 Å². The third-order valence-electron chi connectivity index (χ3n) is 4.41. The molecule has 0 N–H and O–H groups in total. The lowest BCUT2D eigenvalue weighted by atomic mass is 10.2. The quantitative estimate of drug-likeness (QED) is 0.363. The van der Waals surface area contributed by atoms with E-state index in [2.05, 4.69) is 18.4 Å². The van der Waals surface area contributed by atoms with Crippen LogP contribution >= 0.6 is 23.1 Å². The summed E-state index contributed by atoms with van der Waals surface area (Å²) in [5, 5.41) is 0.684. The highest BCUT2D eigenvalue weighted by Gasteiger charge is 2.21. The van der Waals surface area contributed by atoms with Crippen LogP contribution < -0.4 is 9.64 Å². The van der Waals surface area contributed by atoms with E-state index in [-0.39, 0.29) is 12.5 Å². The number of thioether (sulfide) groups is 1. The first-order valence-corrected chi connectivity index (χ1v) is 11.2. The van der Waals surface area contributed by atoms with Crippen molar-refractivity contribution < 1.29 is 9.53 Å². The van der Waals surface area contributed by atoms with Gasteiger partial charge in [0.05, 0.1) is 16.8 Å². The number of carbonyl (C=O) groups is 1. The van der Waals surface area contributed by atoms with Gasteiger partial charge in [-0.1, -0.05) is 59.9 Å². The molecule has 0 aliphatic carbocycles. The predicted octanol–water partition coefficient (Wildman–Crippen LogP) is 5.63. The Morgan fingerprint density at radius 3 is 2.48 bits per heavy atom. The molecular formula is C23H20N2O2S2. The van der Waals surface area contributed by atoms with E-state index in [9.17, 15) is 4.79 Å². The maximum Gasteiger partial charge on any atom is 0.267 e. The van der Waals surface area contributed by atoms with Crippen molar-refractivity contribution in [2.75, 3.05) is 17.8 Å². The summed E-state index contributed by atoms with van der Waals surface area (Å²) in [6, 6.07) is 25.5. The molecule has 0 atom stereocenters. The zero-order valence-electron chi connectivity index (χ0n) is 15.9. The second-order valence-electron chi connectivity index (χ2n) is 6.40. The topological polar surface area (TPSA) is 42.4 Å². The third kappa shape index (κ3) is 4.78. The van der Waals surface area contributed by atoms with Gasteiger partial charge in [-0.05, 0) is 42.2 Å². The average Bonchev–Trinajstić information content (AvgIpc) is 3.20. The summed E-state index contributed by atoms with van der Waals surface area (Å²) in [7, 11) is 0. The molecule has 29 heavy (non-hydrogen) atoms. The van der Waals surface area contributed by atoms with Crippen LogP contribution in [0.5, 0.6) is 5.75 Å². The van der Waals surface area contributed by atoms with Gasteiger partial charge in [-0.3, -0.25) is 9.69 Å². The van der Waals surface area contributed by atoms with Crippen molar-refractivity contribution >= 4 is 44.4 Å². The fourth-order valence-corrected chi connectivity index (χ4v) is 4.44. The van der Waals surface area contributed by atoms with E-state index in [1.54, 1.807) is 16.7 Å². The van der Waals surface area contributed by atoms with E-state index in [0.29, 0.717) is 17.4 Å². The monoisotopic (exact) mass is 420 g/mol. The van der Waals surface area contributed by atoms with Crippen molar-refractivity contribution in [1.82, 2.24) is 4.98 Å². The number of thiazole rings is 1. The number of ether oxygens (including phenoxy) is 1. The number of rotatable bonds is 7. The van der Waals surface area contributed by atoms with Gasteiger partial charge in [0.1, 0.15) is 5.75 Å². The molecule has 0 bridgehead atoms. The number of aromatic nitrogens is 1. The Hall–Kier alpha value is -2.83. The van der Waals surface area contributed by atoms with Crippen LogP contribution in [0.25, 0.3) is 10.2 Å². The van der Waals surface area contributed by atoms with Crippen molar-refractivity contribution in [1.29, 1.82) is 0 Å². The second-order valence-corrected chi connectivity index (χ2v) is 8.29. The number of benzene rings is 3. The highest BCUT2D eigenvalue weighted by atomic mass is 32.2. The molecular weight excluding hydrogens is 400 g/mol. The third-order valence-corrected chi connectivity index (χ3v) is 6.17. The molecule has 0 saturated heterocycles. The Morgan fingerprint density at radius 2 is 1.76 bits per heavy atom. The van der Waals surface area contributed by atoms with Crippen LogP contribution in [-0.4, -0.2) is 23.8 Å². The maximum atomic E-state index is 13.1. The maximum absolute atomic E-state index is 13.1. The van der Waals surface area contributed by atoms with Gasteiger partial charge in [0.25, 0.3) is 5.91 Å². The van der Waals surface area contributed by atoms with Gasteiger partial charge in [0.15, 0.2) is 11.7 Å². The van der Waals surface area contributed by atoms with Crippen molar-refractivity contribution in [2.24, 2.45) is 0 Å². The van der Waals surface area contributed by atoms with Gasteiger partial charge in [0, 0.05) is 4.90 Å². The van der Waals surface area contributed by atoms with Gasteiger partial charge in [-0.2, -0.15) is 0 Å². The van der Waals surface area contributed by atoms with Crippen LogP contribution in [0.2, 0.25) is 0 Å². The smallest absolute Gasteiger partial charge is 0.267 e. The van der Waals surface area contributed by atoms with Crippen molar-refractivity contribution in [3.8, 4) is 5.75 Å². The van der Waals surface area contributed by atoms with E-state index in [4.69, 9.17) is 9.72 Å². The van der Waals surface area contributed by atoms with Gasteiger partial charge >= 0.3 is 0 Å². The Kier molecular flexibility index (Phi) is 6.12. The lowest BCUT2D eigenvalue weighted by Crippen LogP contribution is -2.34. The highest BCUT2D eigenvalue weighted by Crippen LogP contribution is 2.32. The number of amides is 1. The lowest BCUT2D eigenvalue weighted by Gasteiger charge is -2.20. The number of fused-ring (bicyclic) bond motifs is 1. The molecule has 1 aromatic heterocycles. The van der Waals surface area contributed by atoms with Crippen LogP contribution in [-0.2, 0) is 11.3 Å². The number of hydrogen-bond donors (Lipinski definition) is 0.